The second kappa shape index (κ2) is 10.2. The van der Waals surface area contributed by atoms with Crippen molar-refractivity contribution in [1.29, 1.82) is 0 Å². The summed E-state index contributed by atoms with van der Waals surface area (Å²) in [6.45, 7) is 3.83. The first-order chi connectivity index (χ1) is 16.6. The summed E-state index contributed by atoms with van der Waals surface area (Å²) in [4.78, 5) is 21.8. The Bertz CT molecular complexity index is 1160. The zero-order chi connectivity index (χ0) is 23.5. The monoisotopic (exact) mass is 480 g/mol. The molecule has 2 aromatic heterocycles. The maximum Gasteiger partial charge on any atom is 0.258 e. The normalized spacial score (nSPS) is 21.1. The molecule has 2 aliphatic heterocycles. The van der Waals surface area contributed by atoms with Gasteiger partial charge in [-0.15, -0.1) is 0 Å². The van der Waals surface area contributed by atoms with Crippen LogP contribution in [-0.2, 0) is 6.61 Å². The van der Waals surface area contributed by atoms with Crippen molar-refractivity contribution in [3.8, 4) is 11.4 Å². The van der Waals surface area contributed by atoms with Crippen molar-refractivity contribution in [1.82, 2.24) is 14.5 Å². The molecule has 0 aliphatic carbocycles. The summed E-state index contributed by atoms with van der Waals surface area (Å²) in [5, 5.41) is 11.3. The van der Waals surface area contributed by atoms with E-state index in [0.717, 1.165) is 31.0 Å². The summed E-state index contributed by atoms with van der Waals surface area (Å²) in [5.41, 5.74) is 1.47. The number of rotatable bonds is 6. The van der Waals surface area contributed by atoms with Crippen LogP contribution >= 0.6 is 11.6 Å². The fourth-order valence-corrected chi connectivity index (χ4v) is 4.91. The lowest BCUT2D eigenvalue weighted by Crippen LogP contribution is -2.45. The van der Waals surface area contributed by atoms with E-state index in [4.69, 9.17) is 16.3 Å². The van der Waals surface area contributed by atoms with Crippen LogP contribution in [0.4, 0.5) is 5.82 Å². The number of piperidine rings is 1. The highest BCUT2D eigenvalue weighted by atomic mass is 35.5. The van der Waals surface area contributed by atoms with E-state index in [1.54, 1.807) is 23.0 Å². The smallest absolute Gasteiger partial charge is 0.258 e. The van der Waals surface area contributed by atoms with Gasteiger partial charge in [-0.05, 0) is 61.8 Å². The first-order valence-corrected chi connectivity index (χ1v) is 12.2. The summed E-state index contributed by atoms with van der Waals surface area (Å²) in [7, 11) is 0. The standard InChI is InChI=1S/C26H29ClN4O3/c27-20-6-4-19(5-7-20)18-34-22-10-13-31(26(33)14-22)21-8-9-25(28-15-21)30-16-23(24(32)17-30)29-11-2-1-3-12-29/h4-10,13-15,23-24,32H,1-3,11-12,16-18H2/t23-,24-/m0/s1. The summed E-state index contributed by atoms with van der Waals surface area (Å²) >= 11 is 5.91. The molecule has 2 saturated heterocycles. The van der Waals surface area contributed by atoms with Crippen molar-refractivity contribution in [2.45, 2.75) is 38.0 Å². The van der Waals surface area contributed by atoms with Gasteiger partial charge in [0.25, 0.3) is 5.56 Å². The summed E-state index contributed by atoms with van der Waals surface area (Å²) in [6.07, 6.45) is 6.71. The van der Waals surface area contributed by atoms with Crippen molar-refractivity contribution in [3.63, 3.8) is 0 Å². The number of pyridine rings is 2. The van der Waals surface area contributed by atoms with Gasteiger partial charge in [-0.2, -0.15) is 0 Å². The molecular weight excluding hydrogens is 452 g/mol. The molecule has 1 N–H and O–H groups in total. The van der Waals surface area contributed by atoms with Crippen LogP contribution in [0.3, 0.4) is 0 Å². The van der Waals surface area contributed by atoms with Crippen molar-refractivity contribution in [2.75, 3.05) is 31.1 Å². The van der Waals surface area contributed by atoms with Crippen LogP contribution < -0.4 is 15.2 Å². The number of aliphatic hydroxyl groups excluding tert-OH is 1. The Hall–Kier alpha value is -2.87. The number of halogens is 1. The van der Waals surface area contributed by atoms with Gasteiger partial charge >= 0.3 is 0 Å². The molecule has 178 valence electrons. The minimum absolute atomic E-state index is 0.157. The first kappa shape index (κ1) is 22.9. The first-order valence-electron chi connectivity index (χ1n) is 11.8. The highest BCUT2D eigenvalue weighted by molar-refractivity contribution is 6.30. The van der Waals surface area contributed by atoms with Crippen LogP contribution in [0.2, 0.25) is 5.02 Å². The lowest BCUT2D eigenvalue weighted by atomic mass is 10.1. The molecule has 2 aliphatic rings. The quantitative estimate of drug-likeness (QED) is 0.582. The van der Waals surface area contributed by atoms with E-state index in [2.05, 4.69) is 14.8 Å². The van der Waals surface area contributed by atoms with Crippen LogP contribution in [0, 0.1) is 0 Å². The molecule has 0 bridgehead atoms. The molecule has 2 atom stereocenters. The third-order valence-corrected chi connectivity index (χ3v) is 6.91. The lowest BCUT2D eigenvalue weighted by molar-refractivity contribution is 0.0706. The molecule has 8 heteroatoms. The lowest BCUT2D eigenvalue weighted by Gasteiger charge is -2.33. The van der Waals surface area contributed by atoms with E-state index < -0.39 is 0 Å². The minimum atomic E-state index is -0.373. The van der Waals surface area contributed by atoms with Crippen molar-refractivity contribution < 1.29 is 9.84 Å². The zero-order valence-corrected chi connectivity index (χ0v) is 19.8. The minimum Gasteiger partial charge on any atom is -0.489 e. The summed E-state index contributed by atoms with van der Waals surface area (Å²) < 4.78 is 7.30. The molecular formula is C26H29ClN4O3. The average Bonchev–Trinajstić information content (AvgIpc) is 3.26. The Morgan fingerprint density at radius 1 is 1.03 bits per heavy atom. The second-order valence-electron chi connectivity index (χ2n) is 9.00. The molecule has 0 spiro atoms. The second-order valence-corrected chi connectivity index (χ2v) is 9.43. The van der Waals surface area contributed by atoms with Crippen molar-refractivity contribution in [3.05, 3.63) is 81.9 Å². The van der Waals surface area contributed by atoms with Crippen molar-refractivity contribution >= 4 is 17.4 Å². The highest BCUT2D eigenvalue weighted by Crippen LogP contribution is 2.25. The molecule has 0 unspecified atom stereocenters. The van der Waals surface area contributed by atoms with Crippen LogP contribution in [0.1, 0.15) is 24.8 Å². The molecule has 0 radical (unpaired) electrons. The molecule has 1 aromatic carbocycles. The van der Waals surface area contributed by atoms with E-state index in [1.165, 1.54) is 25.3 Å². The van der Waals surface area contributed by atoms with Gasteiger partial charge in [0, 0.05) is 30.4 Å². The highest BCUT2D eigenvalue weighted by Gasteiger charge is 2.36. The third-order valence-electron chi connectivity index (χ3n) is 6.66. The van der Waals surface area contributed by atoms with E-state index in [1.807, 2.05) is 36.4 Å². The van der Waals surface area contributed by atoms with Gasteiger partial charge in [-0.3, -0.25) is 14.3 Å². The molecule has 3 aromatic rings. The van der Waals surface area contributed by atoms with Crippen LogP contribution in [0.15, 0.2) is 65.7 Å². The number of aromatic nitrogens is 2. The van der Waals surface area contributed by atoms with Crippen LogP contribution in [0.5, 0.6) is 5.75 Å². The van der Waals surface area contributed by atoms with Gasteiger partial charge in [0.15, 0.2) is 0 Å². The number of hydrogen-bond acceptors (Lipinski definition) is 6. The molecule has 34 heavy (non-hydrogen) atoms. The van der Waals surface area contributed by atoms with E-state index in [9.17, 15) is 9.90 Å². The predicted molar refractivity (Wildman–Crippen MR) is 133 cm³/mol. The number of likely N-dealkylation sites (tertiary alicyclic amines) is 1. The van der Waals surface area contributed by atoms with Crippen LogP contribution in [0.25, 0.3) is 5.69 Å². The van der Waals surface area contributed by atoms with E-state index in [-0.39, 0.29) is 17.7 Å². The van der Waals surface area contributed by atoms with E-state index in [0.29, 0.717) is 29.6 Å². The van der Waals surface area contributed by atoms with Gasteiger partial charge in [0.05, 0.1) is 24.0 Å². The average molecular weight is 481 g/mol. The Balaban J connectivity index is 1.23. The van der Waals surface area contributed by atoms with Gasteiger partial charge < -0.3 is 14.7 Å². The van der Waals surface area contributed by atoms with Gasteiger partial charge in [-0.25, -0.2) is 4.98 Å². The molecule has 0 amide bonds. The number of nitrogens with zero attached hydrogens (tertiary/aromatic N) is 4. The predicted octanol–water partition coefficient (Wildman–Crippen LogP) is 3.50. The zero-order valence-electron chi connectivity index (χ0n) is 19.0. The maximum atomic E-state index is 12.7. The fourth-order valence-electron chi connectivity index (χ4n) is 4.78. The molecule has 0 saturated carbocycles. The Morgan fingerprint density at radius 3 is 2.53 bits per heavy atom. The summed E-state index contributed by atoms with van der Waals surface area (Å²) in [6, 6.07) is 14.6. The number of aliphatic hydroxyl groups is 1. The molecule has 2 fully saturated rings. The van der Waals surface area contributed by atoms with Crippen molar-refractivity contribution in [2.24, 2.45) is 0 Å². The molecule has 5 rings (SSSR count). The van der Waals surface area contributed by atoms with E-state index >= 15 is 0 Å². The number of benzene rings is 1. The van der Waals surface area contributed by atoms with Gasteiger partial charge in [0.2, 0.25) is 0 Å². The van der Waals surface area contributed by atoms with Gasteiger partial charge in [-0.1, -0.05) is 30.2 Å². The largest absolute Gasteiger partial charge is 0.489 e. The number of ether oxygens (including phenoxy) is 1. The third kappa shape index (κ3) is 5.12. The number of β-amino-alcohol motifs (C(OH)–C–C–N with tert-alkyl or cyclic N) is 1. The Kier molecular flexibility index (Phi) is 6.85. The Morgan fingerprint density at radius 2 is 1.82 bits per heavy atom. The SMILES string of the molecule is O=c1cc(OCc2ccc(Cl)cc2)ccn1-c1ccc(N2C[C@H](O)[C@@H](N3CCCCC3)C2)nc1. The maximum absolute atomic E-state index is 12.7. The Labute approximate surface area is 204 Å². The molecule has 7 nitrogen and oxygen atoms in total. The molecule has 4 heterocycles. The van der Waals surface area contributed by atoms with Crippen LogP contribution in [-0.4, -0.2) is 57.9 Å². The summed E-state index contributed by atoms with van der Waals surface area (Å²) in [5.74, 6) is 1.33. The fraction of sp³-hybridized carbons (Fsp3) is 0.385. The number of hydrogen-bond donors (Lipinski definition) is 1. The number of anilines is 1. The van der Waals surface area contributed by atoms with Gasteiger partial charge in [0.1, 0.15) is 18.2 Å². The topological polar surface area (TPSA) is 70.8 Å².